The minimum absolute atomic E-state index is 0. The molecule has 1 heterocycles. The first-order chi connectivity index (χ1) is 8.63. The number of hydrogen-bond acceptors (Lipinski definition) is 2. The van der Waals surface area contributed by atoms with Crippen LogP contribution in [-0.2, 0) is 11.8 Å². The maximum atomic E-state index is 5.39. The molecule has 0 bridgehead atoms. The van der Waals surface area contributed by atoms with Crippen LogP contribution in [0.25, 0.3) is 0 Å². The van der Waals surface area contributed by atoms with Gasteiger partial charge < -0.3 is 10.1 Å². The molecule has 0 amide bonds. The number of hydrogen-bond donors (Lipinski definition) is 1. The van der Waals surface area contributed by atoms with E-state index >= 15 is 0 Å². The molecule has 0 spiro atoms. The molecule has 1 fully saturated rings. The summed E-state index contributed by atoms with van der Waals surface area (Å²) in [7, 11) is 1.75. The Kier molecular flexibility index (Phi) is 4.12. The molecule has 1 N–H and O–H groups in total. The molecule has 0 aromatic heterocycles. The summed E-state index contributed by atoms with van der Waals surface area (Å²) in [6.07, 6.45) is 3.83. The molecule has 19 heavy (non-hydrogen) atoms. The maximum Gasteiger partial charge on any atom is 0.119 e. The zero-order valence-electron chi connectivity index (χ0n) is 12.0. The van der Waals surface area contributed by atoms with Gasteiger partial charge in [-0.25, -0.2) is 0 Å². The third kappa shape index (κ3) is 2.36. The molecule has 2 nitrogen and oxygen atoms in total. The van der Waals surface area contributed by atoms with Crippen molar-refractivity contribution in [2.45, 2.75) is 44.6 Å². The van der Waals surface area contributed by atoms with Gasteiger partial charge in [0, 0.05) is 6.04 Å². The van der Waals surface area contributed by atoms with Gasteiger partial charge in [0.2, 0.25) is 0 Å². The molecule has 106 valence electrons. The highest BCUT2D eigenvalue weighted by atomic mass is 35.5. The number of piperidine rings is 1. The van der Waals surface area contributed by atoms with E-state index < -0.39 is 0 Å². The van der Waals surface area contributed by atoms with Crippen LogP contribution >= 0.6 is 12.4 Å². The normalized spacial score (nSPS) is 27.7. The molecule has 3 heteroatoms. The predicted octanol–water partition coefficient (Wildman–Crippen LogP) is 3.32. The second-order valence-electron chi connectivity index (χ2n) is 6.26. The summed E-state index contributed by atoms with van der Waals surface area (Å²) in [6, 6.07) is 7.26. The average Bonchev–Trinajstić information content (AvgIpc) is 2.39. The lowest BCUT2D eigenvalue weighted by atomic mass is 9.61. The number of methoxy groups -OCH3 is 1. The second-order valence-corrected chi connectivity index (χ2v) is 6.26. The molecule has 1 aromatic rings. The van der Waals surface area contributed by atoms with Crippen molar-refractivity contribution in [3.63, 3.8) is 0 Å². The Bertz CT molecular complexity index is 458. The number of benzene rings is 1. The number of ether oxygens (including phenoxy) is 1. The van der Waals surface area contributed by atoms with E-state index in [1.165, 1.54) is 36.9 Å². The topological polar surface area (TPSA) is 21.3 Å². The van der Waals surface area contributed by atoms with Crippen LogP contribution in [0.3, 0.4) is 0 Å². The van der Waals surface area contributed by atoms with Crippen LogP contribution in [-0.4, -0.2) is 19.7 Å². The van der Waals surface area contributed by atoms with Crippen LogP contribution in [0, 0.1) is 5.92 Å². The Hall–Kier alpha value is -0.730. The molecule has 3 rings (SSSR count). The van der Waals surface area contributed by atoms with Crippen LogP contribution in [0.5, 0.6) is 5.75 Å². The molecular formula is C16H24ClNO. The van der Waals surface area contributed by atoms with E-state index in [0.717, 1.165) is 11.7 Å². The van der Waals surface area contributed by atoms with E-state index in [2.05, 4.69) is 37.4 Å². The van der Waals surface area contributed by atoms with Crippen LogP contribution in [0.1, 0.15) is 37.8 Å². The summed E-state index contributed by atoms with van der Waals surface area (Å²) in [6.45, 7) is 5.98. The van der Waals surface area contributed by atoms with Crippen LogP contribution in [0.15, 0.2) is 18.2 Å². The maximum absolute atomic E-state index is 5.39. The van der Waals surface area contributed by atoms with Gasteiger partial charge in [-0.1, -0.05) is 19.9 Å². The predicted molar refractivity (Wildman–Crippen MR) is 81.5 cm³/mol. The van der Waals surface area contributed by atoms with Crippen LogP contribution in [0.2, 0.25) is 0 Å². The van der Waals surface area contributed by atoms with E-state index in [1.807, 2.05) is 0 Å². The molecule has 0 unspecified atom stereocenters. The minimum Gasteiger partial charge on any atom is -0.497 e. The lowest BCUT2D eigenvalue weighted by Gasteiger charge is -2.48. The van der Waals surface area contributed by atoms with Crippen molar-refractivity contribution in [2.75, 3.05) is 13.7 Å². The van der Waals surface area contributed by atoms with Gasteiger partial charge in [-0.3, -0.25) is 0 Å². The van der Waals surface area contributed by atoms with E-state index in [4.69, 9.17) is 4.74 Å². The Morgan fingerprint density at radius 1 is 1.32 bits per heavy atom. The summed E-state index contributed by atoms with van der Waals surface area (Å²) >= 11 is 0. The second kappa shape index (κ2) is 5.34. The van der Waals surface area contributed by atoms with Crippen molar-refractivity contribution in [3.05, 3.63) is 29.3 Å². The number of fused-ring (bicyclic) bond motifs is 2. The molecule has 2 aliphatic rings. The zero-order valence-corrected chi connectivity index (χ0v) is 12.8. The molecule has 0 saturated carbocycles. The summed E-state index contributed by atoms with van der Waals surface area (Å²) < 4.78 is 5.39. The van der Waals surface area contributed by atoms with E-state index in [-0.39, 0.29) is 17.8 Å². The Labute approximate surface area is 122 Å². The quantitative estimate of drug-likeness (QED) is 0.853. The summed E-state index contributed by atoms with van der Waals surface area (Å²) in [5.41, 5.74) is 3.24. The van der Waals surface area contributed by atoms with Gasteiger partial charge in [0.15, 0.2) is 0 Å². The van der Waals surface area contributed by atoms with Gasteiger partial charge in [0.05, 0.1) is 7.11 Å². The lowest BCUT2D eigenvalue weighted by Crippen LogP contribution is -2.53. The highest BCUT2D eigenvalue weighted by molar-refractivity contribution is 5.85. The third-order valence-corrected chi connectivity index (χ3v) is 4.96. The van der Waals surface area contributed by atoms with E-state index in [9.17, 15) is 0 Å². The fourth-order valence-corrected chi connectivity index (χ4v) is 3.93. The number of halogens is 1. The Morgan fingerprint density at radius 2 is 2.11 bits per heavy atom. The first-order valence-corrected chi connectivity index (χ1v) is 7.03. The number of rotatable bonds is 1. The SMILES string of the molecule is COc1ccc2c(c1)C(C)(C)[C@@H]1CCCN[C@@H]1C2.Cl. The highest BCUT2D eigenvalue weighted by Gasteiger charge is 2.43. The van der Waals surface area contributed by atoms with Gasteiger partial charge in [-0.15, -0.1) is 12.4 Å². The van der Waals surface area contributed by atoms with Gasteiger partial charge >= 0.3 is 0 Å². The highest BCUT2D eigenvalue weighted by Crippen LogP contribution is 2.45. The van der Waals surface area contributed by atoms with Crippen molar-refractivity contribution in [2.24, 2.45) is 5.92 Å². The Balaban J connectivity index is 0.00000133. The van der Waals surface area contributed by atoms with Gasteiger partial charge in [0.1, 0.15) is 5.75 Å². The third-order valence-electron chi connectivity index (χ3n) is 4.96. The summed E-state index contributed by atoms with van der Waals surface area (Å²) in [5, 5.41) is 3.71. The molecule has 1 aliphatic heterocycles. The van der Waals surface area contributed by atoms with Crippen molar-refractivity contribution in [1.29, 1.82) is 0 Å². The van der Waals surface area contributed by atoms with Crippen LogP contribution in [0.4, 0.5) is 0 Å². The fraction of sp³-hybridized carbons (Fsp3) is 0.625. The summed E-state index contributed by atoms with van der Waals surface area (Å²) in [5.74, 6) is 1.75. The zero-order chi connectivity index (χ0) is 12.8. The first kappa shape index (κ1) is 14.7. The molecular weight excluding hydrogens is 258 g/mol. The first-order valence-electron chi connectivity index (χ1n) is 7.03. The van der Waals surface area contributed by atoms with Crippen molar-refractivity contribution in [1.82, 2.24) is 5.32 Å². The lowest BCUT2D eigenvalue weighted by molar-refractivity contribution is 0.168. The standard InChI is InChI=1S/C16H23NO.ClH/c1-16(2)13-5-4-8-17-15(13)9-11-6-7-12(18-3)10-14(11)16;/h6-7,10,13,15,17H,4-5,8-9H2,1-3H3;1H/t13-,15-;/m1./s1. The number of nitrogens with one attached hydrogen (secondary N) is 1. The molecule has 2 atom stereocenters. The molecule has 1 saturated heterocycles. The monoisotopic (exact) mass is 281 g/mol. The van der Waals surface area contributed by atoms with Crippen molar-refractivity contribution >= 4 is 12.4 Å². The van der Waals surface area contributed by atoms with Crippen molar-refractivity contribution in [3.8, 4) is 5.75 Å². The van der Waals surface area contributed by atoms with E-state index in [1.54, 1.807) is 7.11 Å². The Morgan fingerprint density at radius 3 is 2.84 bits per heavy atom. The van der Waals surface area contributed by atoms with Gasteiger partial charge in [0.25, 0.3) is 0 Å². The summed E-state index contributed by atoms with van der Waals surface area (Å²) in [4.78, 5) is 0. The largest absolute Gasteiger partial charge is 0.497 e. The van der Waals surface area contributed by atoms with Gasteiger partial charge in [-0.05, 0) is 60.4 Å². The molecule has 1 aromatic carbocycles. The van der Waals surface area contributed by atoms with Crippen LogP contribution < -0.4 is 10.1 Å². The average molecular weight is 282 g/mol. The molecule has 0 radical (unpaired) electrons. The minimum atomic E-state index is 0. The van der Waals surface area contributed by atoms with E-state index in [0.29, 0.717) is 6.04 Å². The smallest absolute Gasteiger partial charge is 0.119 e. The van der Waals surface area contributed by atoms with Gasteiger partial charge in [-0.2, -0.15) is 0 Å². The fourth-order valence-electron chi connectivity index (χ4n) is 3.93. The van der Waals surface area contributed by atoms with Crippen molar-refractivity contribution < 1.29 is 4.74 Å². The molecule has 1 aliphatic carbocycles.